The number of hydrogen-bond donors (Lipinski definition) is 1. The third-order valence-electron chi connectivity index (χ3n) is 3.59. The molecule has 0 aliphatic carbocycles. The molecule has 3 heterocycles. The smallest absolute Gasteiger partial charge is 0.260 e. The van der Waals surface area contributed by atoms with Crippen LogP contribution in [-0.2, 0) is 12.2 Å². The van der Waals surface area contributed by atoms with E-state index in [1.54, 1.807) is 23.5 Å². The van der Waals surface area contributed by atoms with Gasteiger partial charge in [-0.15, -0.1) is 11.3 Å². The van der Waals surface area contributed by atoms with Gasteiger partial charge in [0.05, 0.1) is 5.39 Å². The van der Waals surface area contributed by atoms with E-state index in [4.69, 9.17) is 0 Å². The highest BCUT2D eigenvalue weighted by molar-refractivity contribution is 7.98. The molecule has 0 unspecified atom stereocenters. The molecule has 0 atom stereocenters. The predicted molar refractivity (Wildman–Crippen MR) is 85.5 cm³/mol. The molecule has 2 aromatic heterocycles. The van der Waals surface area contributed by atoms with Gasteiger partial charge in [-0.1, -0.05) is 0 Å². The van der Waals surface area contributed by atoms with Crippen molar-refractivity contribution in [2.24, 2.45) is 0 Å². The van der Waals surface area contributed by atoms with Crippen LogP contribution in [0.15, 0.2) is 29.1 Å². The van der Waals surface area contributed by atoms with Crippen LogP contribution in [0.1, 0.15) is 10.4 Å². The number of nitrogens with one attached hydrogen (secondary N) is 1. The second-order valence-electron chi connectivity index (χ2n) is 4.91. The number of hydrogen-bond acceptors (Lipinski definition) is 4. The zero-order chi connectivity index (χ0) is 14.4. The van der Waals surface area contributed by atoms with Gasteiger partial charge in [-0.05, 0) is 42.0 Å². The number of halogens is 1. The molecular weight excluding hydrogens is 307 g/mol. The average Bonchev–Trinajstić information content (AvgIpc) is 2.86. The van der Waals surface area contributed by atoms with Crippen molar-refractivity contribution < 1.29 is 4.39 Å². The van der Waals surface area contributed by atoms with Gasteiger partial charge in [0.1, 0.15) is 16.5 Å². The Balaban J connectivity index is 1.93. The Hall–Kier alpha value is -1.66. The second kappa shape index (κ2) is 4.96. The van der Waals surface area contributed by atoms with Gasteiger partial charge in [-0.25, -0.2) is 9.37 Å². The SMILES string of the molecule is O=c1[nH]c(-c2ccc(F)cc2)nc2sc3c(c12)CCSC3. The van der Waals surface area contributed by atoms with Crippen molar-refractivity contribution in [2.45, 2.75) is 12.2 Å². The first-order valence-corrected chi connectivity index (χ1v) is 8.58. The minimum atomic E-state index is -0.300. The lowest BCUT2D eigenvalue weighted by Crippen LogP contribution is -2.11. The number of aryl methyl sites for hydroxylation is 1. The second-order valence-corrected chi connectivity index (χ2v) is 7.10. The van der Waals surface area contributed by atoms with Crippen molar-refractivity contribution in [3.05, 3.63) is 50.9 Å². The molecule has 0 amide bonds. The zero-order valence-electron chi connectivity index (χ0n) is 11.0. The van der Waals surface area contributed by atoms with Crippen LogP contribution >= 0.6 is 23.1 Å². The van der Waals surface area contributed by atoms with Gasteiger partial charge in [0, 0.05) is 16.2 Å². The molecule has 106 valence electrons. The molecule has 3 nitrogen and oxygen atoms in total. The molecule has 4 rings (SSSR count). The Morgan fingerprint density at radius 2 is 2.05 bits per heavy atom. The number of rotatable bonds is 1. The quantitative estimate of drug-likeness (QED) is 0.746. The summed E-state index contributed by atoms with van der Waals surface area (Å²) in [4.78, 5) is 21.9. The number of aromatic amines is 1. The van der Waals surface area contributed by atoms with E-state index in [1.807, 2.05) is 11.8 Å². The van der Waals surface area contributed by atoms with Gasteiger partial charge in [0.2, 0.25) is 0 Å². The maximum atomic E-state index is 13.0. The average molecular weight is 318 g/mol. The van der Waals surface area contributed by atoms with Crippen LogP contribution in [0.3, 0.4) is 0 Å². The number of thioether (sulfide) groups is 1. The number of fused-ring (bicyclic) bond motifs is 3. The highest BCUT2D eigenvalue weighted by Crippen LogP contribution is 2.35. The van der Waals surface area contributed by atoms with Crippen molar-refractivity contribution in [3.63, 3.8) is 0 Å². The lowest BCUT2D eigenvalue weighted by atomic mass is 10.1. The van der Waals surface area contributed by atoms with Gasteiger partial charge in [-0.2, -0.15) is 11.8 Å². The van der Waals surface area contributed by atoms with Crippen LogP contribution in [0, 0.1) is 5.82 Å². The molecule has 0 bridgehead atoms. The van der Waals surface area contributed by atoms with Crippen LogP contribution in [-0.4, -0.2) is 15.7 Å². The Morgan fingerprint density at radius 3 is 2.86 bits per heavy atom. The lowest BCUT2D eigenvalue weighted by Gasteiger charge is -2.09. The van der Waals surface area contributed by atoms with Crippen LogP contribution in [0.25, 0.3) is 21.6 Å². The fourth-order valence-electron chi connectivity index (χ4n) is 2.57. The number of H-pyrrole nitrogens is 1. The van der Waals surface area contributed by atoms with Crippen LogP contribution < -0.4 is 5.56 Å². The first-order chi connectivity index (χ1) is 10.2. The number of aromatic nitrogens is 2. The normalized spacial score (nSPS) is 14.3. The standard InChI is InChI=1S/C15H11FN2OS2/c16-9-3-1-8(2-4-9)13-17-14(19)12-10-5-6-20-7-11(10)21-15(12)18-13/h1-4H,5-7H2,(H,17,18,19). The molecule has 6 heteroatoms. The number of nitrogens with zero attached hydrogens (tertiary/aromatic N) is 1. The minimum Gasteiger partial charge on any atom is -0.306 e. The highest BCUT2D eigenvalue weighted by atomic mass is 32.2. The fourth-order valence-corrected chi connectivity index (χ4v) is 4.93. The Bertz CT molecular complexity index is 883. The first kappa shape index (κ1) is 13.0. The predicted octanol–water partition coefficient (Wildman–Crippen LogP) is 3.58. The topological polar surface area (TPSA) is 45.8 Å². The molecule has 0 spiro atoms. The van der Waals surface area contributed by atoms with E-state index in [0.717, 1.165) is 39.3 Å². The van der Waals surface area contributed by atoms with Gasteiger partial charge < -0.3 is 4.98 Å². The Morgan fingerprint density at radius 1 is 1.24 bits per heavy atom. The Kier molecular flexibility index (Phi) is 3.08. The van der Waals surface area contributed by atoms with Gasteiger partial charge in [0.25, 0.3) is 5.56 Å². The van der Waals surface area contributed by atoms with E-state index in [0.29, 0.717) is 5.82 Å². The van der Waals surface area contributed by atoms with Crippen LogP contribution in [0.4, 0.5) is 4.39 Å². The molecule has 0 radical (unpaired) electrons. The monoisotopic (exact) mass is 318 g/mol. The third-order valence-corrected chi connectivity index (χ3v) is 5.89. The van der Waals surface area contributed by atoms with Crippen molar-refractivity contribution in [3.8, 4) is 11.4 Å². The molecule has 3 aromatic rings. The molecule has 21 heavy (non-hydrogen) atoms. The van der Waals surface area contributed by atoms with E-state index in [1.165, 1.54) is 17.0 Å². The summed E-state index contributed by atoms with van der Waals surface area (Å²) < 4.78 is 13.0. The first-order valence-electron chi connectivity index (χ1n) is 6.60. The van der Waals surface area contributed by atoms with E-state index >= 15 is 0 Å². The summed E-state index contributed by atoms with van der Waals surface area (Å²) >= 11 is 3.49. The summed E-state index contributed by atoms with van der Waals surface area (Å²) in [5.41, 5.74) is 1.79. The molecule has 1 N–H and O–H groups in total. The van der Waals surface area contributed by atoms with E-state index in [-0.39, 0.29) is 11.4 Å². The largest absolute Gasteiger partial charge is 0.306 e. The molecule has 0 fully saturated rings. The molecule has 0 saturated heterocycles. The summed E-state index contributed by atoms with van der Waals surface area (Å²) in [7, 11) is 0. The summed E-state index contributed by atoms with van der Waals surface area (Å²) in [5, 5.41) is 0.737. The Labute approximate surface area is 128 Å². The zero-order valence-corrected chi connectivity index (χ0v) is 12.6. The minimum absolute atomic E-state index is 0.0938. The van der Waals surface area contributed by atoms with Crippen molar-refractivity contribution in [2.75, 3.05) is 5.75 Å². The molecule has 1 aromatic carbocycles. The third kappa shape index (κ3) is 2.18. The van der Waals surface area contributed by atoms with Gasteiger partial charge >= 0.3 is 0 Å². The van der Waals surface area contributed by atoms with E-state index in [9.17, 15) is 9.18 Å². The van der Waals surface area contributed by atoms with Crippen molar-refractivity contribution in [1.29, 1.82) is 0 Å². The summed E-state index contributed by atoms with van der Waals surface area (Å²) in [5.74, 6) is 2.21. The fraction of sp³-hybridized carbons (Fsp3) is 0.200. The maximum absolute atomic E-state index is 13.0. The lowest BCUT2D eigenvalue weighted by molar-refractivity contribution is 0.628. The van der Waals surface area contributed by atoms with Gasteiger partial charge in [0.15, 0.2) is 0 Å². The van der Waals surface area contributed by atoms with Gasteiger partial charge in [-0.3, -0.25) is 4.79 Å². The molecular formula is C15H11FN2OS2. The summed E-state index contributed by atoms with van der Waals surface area (Å²) in [6.07, 6.45) is 0.931. The maximum Gasteiger partial charge on any atom is 0.260 e. The van der Waals surface area contributed by atoms with Crippen LogP contribution in [0.5, 0.6) is 0 Å². The summed E-state index contributed by atoms with van der Waals surface area (Å²) in [6, 6.07) is 6.00. The van der Waals surface area contributed by atoms with Crippen molar-refractivity contribution >= 4 is 33.3 Å². The van der Waals surface area contributed by atoms with E-state index < -0.39 is 0 Å². The highest BCUT2D eigenvalue weighted by Gasteiger charge is 2.20. The number of thiophene rings is 1. The molecule has 0 saturated carbocycles. The molecule has 1 aliphatic heterocycles. The summed E-state index contributed by atoms with van der Waals surface area (Å²) in [6.45, 7) is 0. The van der Waals surface area contributed by atoms with Crippen molar-refractivity contribution in [1.82, 2.24) is 9.97 Å². The molecule has 1 aliphatic rings. The van der Waals surface area contributed by atoms with E-state index in [2.05, 4.69) is 9.97 Å². The van der Waals surface area contributed by atoms with Crippen LogP contribution in [0.2, 0.25) is 0 Å². The number of benzene rings is 1.